The van der Waals surface area contributed by atoms with Gasteiger partial charge in [0, 0.05) is 21.8 Å². The zero-order valence-corrected chi connectivity index (χ0v) is 24.6. The van der Waals surface area contributed by atoms with Crippen LogP contribution in [0.2, 0.25) is 0 Å². The van der Waals surface area contributed by atoms with Crippen molar-refractivity contribution in [2.75, 3.05) is 16.8 Å². The second-order valence-electron chi connectivity index (χ2n) is 9.73. The molecule has 1 aliphatic carbocycles. The molecule has 1 aromatic heterocycles. The van der Waals surface area contributed by atoms with Crippen molar-refractivity contribution in [1.82, 2.24) is 4.37 Å². The molecule has 0 spiro atoms. The van der Waals surface area contributed by atoms with Gasteiger partial charge in [-0.05, 0) is 66.5 Å². The number of fused-ring (bicyclic) bond motifs is 2. The van der Waals surface area contributed by atoms with E-state index in [-0.39, 0.29) is 20.1 Å². The molecule has 0 bridgehead atoms. The Kier molecular flexibility index (Phi) is 8.58. The van der Waals surface area contributed by atoms with Gasteiger partial charge in [-0.1, -0.05) is 43.5 Å². The Morgan fingerprint density at radius 3 is 2.37 bits per heavy atom. The Balaban J connectivity index is 0.000000161. The third-order valence-electron chi connectivity index (χ3n) is 7.30. The summed E-state index contributed by atoms with van der Waals surface area (Å²) in [6, 6.07) is 38.0. The number of hydrogen-bond donors (Lipinski definition) is 0. The Labute approximate surface area is 243 Å². The summed E-state index contributed by atoms with van der Waals surface area (Å²) in [5, 5.41) is 1.21. The summed E-state index contributed by atoms with van der Waals surface area (Å²) in [4.78, 5) is 4.45. The van der Waals surface area contributed by atoms with Gasteiger partial charge in [0.05, 0.1) is 0 Å². The Morgan fingerprint density at radius 1 is 0.842 bits per heavy atom. The quantitative estimate of drug-likeness (QED) is 0.176. The average molecular weight is 693 g/mol. The third-order valence-corrected chi connectivity index (χ3v) is 8.12. The summed E-state index contributed by atoms with van der Waals surface area (Å²) in [6.07, 6.45) is 6.85. The number of rotatable bonds is 3. The van der Waals surface area contributed by atoms with Crippen molar-refractivity contribution in [3.8, 4) is 11.3 Å². The van der Waals surface area contributed by atoms with Crippen molar-refractivity contribution in [2.45, 2.75) is 38.0 Å². The standard InChI is InChI=1S/C20H22N2.C13H8NS.Ir/c1-21-15-22(18-10-6-3-7-11-18)20-14-17(12-13-19(20)21)16-8-4-2-5-9-16;1-2-6-10(7-3-1)13-11-8-4-5-9-12(11)15-14-13;/h3,6-7,10,12-16H,2,4-5,8-9H2,1H3;1-6,8-9H;/q-2;-1;+3. The minimum atomic E-state index is 0. The molecule has 0 amide bonds. The molecule has 5 heteroatoms. The van der Waals surface area contributed by atoms with Crippen molar-refractivity contribution in [3.63, 3.8) is 0 Å². The van der Waals surface area contributed by atoms with Gasteiger partial charge in [0.15, 0.2) is 0 Å². The number of aromatic nitrogens is 1. The van der Waals surface area contributed by atoms with Crippen LogP contribution in [0.4, 0.5) is 17.1 Å². The molecule has 0 radical (unpaired) electrons. The van der Waals surface area contributed by atoms with Gasteiger partial charge >= 0.3 is 20.1 Å². The number of para-hydroxylation sites is 1. The van der Waals surface area contributed by atoms with Crippen LogP contribution in [0.5, 0.6) is 0 Å². The third kappa shape index (κ3) is 5.56. The molecule has 2 aliphatic rings. The zero-order valence-electron chi connectivity index (χ0n) is 21.4. The molecule has 0 saturated heterocycles. The van der Waals surface area contributed by atoms with Crippen LogP contribution >= 0.6 is 11.5 Å². The van der Waals surface area contributed by atoms with Crippen molar-refractivity contribution in [3.05, 3.63) is 115 Å². The summed E-state index contributed by atoms with van der Waals surface area (Å²) in [6.45, 7) is 2.15. The van der Waals surface area contributed by atoms with Gasteiger partial charge in [-0.3, -0.25) is 0 Å². The largest absolute Gasteiger partial charge is 3.00 e. The van der Waals surface area contributed by atoms with E-state index < -0.39 is 0 Å². The van der Waals surface area contributed by atoms with E-state index in [0.29, 0.717) is 0 Å². The normalized spacial score (nSPS) is 15.0. The molecule has 192 valence electrons. The van der Waals surface area contributed by atoms with E-state index in [9.17, 15) is 0 Å². The van der Waals surface area contributed by atoms with Crippen molar-refractivity contribution in [1.29, 1.82) is 0 Å². The fraction of sp³-hybridized carbons (Fsp3) is 0.212. The average Bonchev–Trinajstić information content (AvgIpc) is 3.56. The Bertz CT molecular complexity index is 1460. The topological polar surface area (TPSA) is 19.4 Å². The molecule has 0 unspecified atom stereocenters. The summed E-state index contributed by atoms with van der Waals surface area (Å²) in [5.41, 5.74) is 7.27. The maximum atomic E-state index is 4.48. The van der Waals surface area contributed by atoms with E-state index in [4.69, 9.17) is 0 Å². The minimum Gasteiger partial charge on any atom is -0.504 e. The smallest absolute Gasteiger partial charge is 0.504 e. The molecule has 2 heterocycles. The molecule has 3 nitrogen and oxygen atoms in total. The molecule has 1 saturated carbocycles. The van der Waals surface area contributed by atoms with E-state index >= 15 is 0 Å². The van der Waals surface area contributed by atoms with E-state index in [1.54, 1.807) is 0 Å². The van der Waals surface area contributed by atoms with Crippen LogP contribution in [0.3, 0.4) is 0 Å². The van der Waals surface area contributed by atoms with Gasteiger partial charge in [0.1, 0.15) is 0 Å². The molecule has 7 rings (SSSR count). The molecular weight excluding hydrogens is 663 g/mol. The molecular formula is C33H30IrN3S. The van der Waals surface area contributed by atoms with Crippen LogP contribution in [0, 0.1) is 18.8 Å². The van der Waals surface area contributed by atoms with Gasteiger partial charge in [0.25, 0.3) is 0 Å². The molecule has 0 N–H and O–H groups in total. The first-order chi connectivity index (χ1) is 18.3. The van der Waals surface area contributed by atoms with Gasteiger partial charge in [-0.2, -0.15) is 37.0 Å². The summed E-state index contributed by atoms with van der Waals surface area (Å²) >= 11 is 1.54. The minimum absolute atomic E-state index is 0. The van der Waals surface area contributed by atoms with E-state index in [1.807, 2.05) is 48.5 Å². The molecule has 38 heavy (non-hydrogen) atoms. The molecule has 0 atom stereocenters. The second kappa shape index (κ2) is 12.3. The Hall–Kier alpha value is -2.98. The maximum Gasteiger partial charge on any atom is 3.00 e. The Morgan fingerprint density at radius 2 is 1.61 bits per heavy atom. The number of nitrogens with zero attached hydrogens (tertiary/aromatic N) is 3. The molecule has 5 aromatic rings. The van der Waals surface area contributed by atoms with E-state index in [1.165, 1.54) is 70.7 Å². The maximum absolute atomic E-state index is 4.48. The van der Waals surface area contributed by atoms with Gasteiger partial charge in [-0.25, -0.2) is 4.37 Å². The second-order valence-corrected chi connectivity index (χ2v) is 10.5. The summed E-state index contributed by atoms with van der Waals surface area (Å²) in [5.74, 6) is 0.742. The predicted octanol–water partition coefficient (Wildman–Crippen LogP) is 9.00. The van der Waals surface area contributed by atoms with Crippen LogP contribution in [0.15, 0.2) is 91.0 Å². The molecule has 1 fully saturated rings. The summed E-state index contributed by atoms with van der Waals surface area (Å²) < 4.78 is 5.70. The SMILES string of the molecule is CN1[CH-]N(c2[c-]cccc2)c2cc(C3CCCCC3)ccc21.[Ir+3].[c-]1ccccc1-c1nsc2ccccc12. The number of anilines is 3. The van der Waals surface area contributed by atoms with Crippen LogP contribution in [-0.4, -0.2) is 11.4 Å². The van der Waals surface area contributed by atoms with Crippen LogP contribution in [0.25, 0.3) is 21.3 Å². The van der Waals surface area contributed by atoms with Crippen molar-refractivity contribution < 1.29 is 20.1 Å². The molecule has 4 aromatic carbocycles. The van der Waals surface area contributed by atoms with E-state index in [0.717, 1.165) is 22.9 Å². The fourth-order valence-corrected chi connectivity index (χ4v) is 6.15. The number of hydrogen-bond acceptors (Lipinski definition) is 4. The zero-order chi connectivity index (χ0) is 25.0. The monoisotopic (exact) mass is 693 g/mol. The van der Waals surface area contributed by atoms with Crippen molar-refractivity contribution >= 4 is 38.7 Å². The summed E-state index contributed by atoms with van der Waals surface area (Å²) in [7, 11) is 2.11. The fourth-order valence-electron chi connectivity index (χ4n) is 5.37. The predicted molar refractivity (Wildman–Crippen MR) is 156 cm³/mol. The van der Waals surface area contributed by atoms with Gasteiger partial charge < -0.3 is 9.80 Å². The molecule has 1 aliphatic heterocycles. The van der Waals surface area contributed by atoms with E-state index in [2.05, 4.69) is 82.5 Å². The first-order valence-electron chi connectivity index (χ1n) is 13.1. The van der Waals surface area contributed by atoms with Gasteiger partial charge in [0.2, 0.25) is 0 Å². The van der Waals surface area contributed by atoms with Crippen molar-refractivity contribution in [2.24, 2.45) is 0 Å². The van der Waals surface area contributed by atoms with Crippen LogP contribution < -0.4 is 9.80 Å². The first kappa shape index (κ1) is 26.6. The van der Waals surface area contributed by atoms with Crippen LogP contribution in [0.1, 0.15) is 43.6 Å². The number of benzene rings is 4. The first-order valence-corrected chi connectivity index (χ1v) is 13.8. The van der Waals surface area contributed by atoms with Crippen LogP contribution in [-0.2, 0) is 20.1 Å². The van der Waals surface area contributed by atoms with Gasteiger partial charge in [-0.15, -0.1) is 41.6 Å².